The summed E-state index contributed by atoms with van der Waals surface area (Å²) in [6, 6.07) is 8.37. The Morgan fingerprint density at radius 1 is 1.13 bits per heavy atom. The lowest BCUT2D eigenvalue weighted by Gasteiger charge is -2.35. The Labute approximate surface area is 146 Å². The number of carbonyl (C=O) groups excluding carboxylic acids is 1. The molecule has 1 amide bonds. The number of nitrogens with two attached hydrogens (primary N) is 1. The predicted octanol–water partition coefficient (Wildman–Crippen LogP) is 1.81. The van der Waals surface area contributed by atoms with Crippen LogP contribution in [-0.4, -0.2) is 47.5 Å². The number of carbonyl (C=O) groups is 1. The second-order valence-corrected chi connectivity index (χ2v) is 5.90. The number of piperazine rings is 1. The molecular formula is C15H20Cl2N4O2. The summed E-state index contributed by atoms with van der Waals surface area (Å²) in [5, 5.41) is 0. The third-order valence-corrected chi connectivity index (χ3v) is 4.33. The maximum atomic E-state index is 12.2. The molecule has 4 rings (SSSR count). The number of aromatic nitrogens is 1. The van der Waals surface area contributed by atoms with E-state index < -0.39 is 5.54 Å². The van der Waals surface area contributed by atoms with E-state index >= 15 is 0 Å². The van der Waals surface area contributed by atoms with Crippen LogP contribution in [0.25, 0.3) is 11.1 Å². The van der Waals surface area contributed by atoms with Crippen LogP contribution in [0.1, 0.15) is 12.8 Å². The van der Waals surface area contributed by atoms with Crippen LogP contribution in [0.3, 0.4) is 0 Å². The molecule has 2 heterocycles. The smallest absolute Gasteiger partial charge is 0.298 e. The van der Waals surface area contributed by atoms with Crippen molar-refractivity contribution in [1.82, 2.24) is 9.88 Å². The Bertz CT molecular complexity index is 661. The molecule has 0 bridgehead atoms. The summed E-state index contributed by atoms with van der Waals surface area (Å²) in [6.07, 6.45) is 1.63. The summed E-state index contributed by atoms with van der Waals surface area (Å²) in [5.41, 5.74) is 7.07. The number of hydrogen-bond donors (Lipinski definition) is 1. The average molecular weight is 359 g/mol. The van der Waals surface area contributed by atoms with E-state index in [-0.39, 0.29) is 30.7 Å². The monoisotopic (exact) mass is 358 g/mol. The van der Waals surface area contributed by atoms with Crippen molar-refractivity contribution in [3.8, 4) is 0 Å². The van der Waals surface area contributed by atoms with E-state index in [0.29, 0.717) is 19.1 Å². The van der Waals surface area contributed by atoms with Crippen molar-refractivity contribution in [3.63, 3.8) is 0 Å². The first-order valence-corrected chi connectivity index (χ1v) is 7.34. The van der Waals surface area contributed by atoms with Crippen molar-refractivity contribution in [2.75, 3.05) is 31.1 Å². The highest BCUT2D eigenvalue weighted by Gasteiger charge is 2.48. The predicted molar refractivity (Wildman–Crippen MR) is 93.5 cm³/mol. The van der Waals surface area contributed by atoms with Crippen LogP contribution in [0.5, 0.6) is 0 Å². The van der Waals surface area contributed by atoms with Gasteiger partial charge in [-0.15, -0.1) is 24.8 Å². The van der Waals surface area contributed by atoms with Gasteiger partial charge in [0.25, 0.3) is 6.01 Å². The fraction of sp³-hybridized carbons (Fsp3) is 0.467. The fourth-order valence-electron chi connectivity index (χ4n) is 2.76. The molecule has 2 aliphatic rings. The molecule has 0 atom stereocenters. The Balaban J connectivity index is 0.000000960. The van der Waals surface area contributed by atoms with E-state index in [9.17, 15) is 4.79 Å². The van der Waals surface area contributed by atoms with E-state index in [4.69, 9.17) is 10.2 Å². The maximum Gasteiger partial charge on any atom is 0.298 e. The molecule has 126 valence electrons. The van der Waals surface area contributed by atoms with Crippen molar-refractivity contribution in [2.24, 2.45) is 5.73 Å². The molecule has 0 unspecified atom stereocenters. The molecule has 1 saturated carbocycles. The minimum Gasteiger partial charge on any atom is -0.423 e. The molecule has 8 heteroatoms. The van der Waals surface area contributed by atoms with Crippen LogP contribution in [-0.2, 0) is 4.79 Å². The average Bonchev–Trinajstić information content (AvgIpc) is 3.13. The highest BCUT2D eigenvalue weighted by molar-refractivity contribution is 5.89. The summed E-state index contributed by atoms with van der Waals surface area (Å²) in [6.45, 7) is 2.82. The van der Waals surface area contributed by atoms with Crippen LogP contribution < -0.4 is 10.6 Å². The van der Waals surface area contributed by atoms with Gasteiger partial charge in [0, 0.05) is 26.2 Å². The first-order chi connectivity index (χ1) is 10.2. The number of rotatable bonds is 2. The molecule has 23 heavy (non-hydrogen) atoms. The second kappa shape index (κ2) is 6.55. The highest BCUT2D eigenvalue weighted by Crippen LogP contribution is 2.34. The number of halogens is 2. The van der Waals surface area contributed by atoms with Crippen molar-refractivity contribution in [2.45, 2.75) is 18.4 Å². The zero-order chi connectivity index (χ0) is 14.4. The van der Waals surface area contributed by atoms with Crippen molar-refractivity contribution in [3.05, 3.63) is 24.3 Å². The van der Waals surface area contributed by atoms with Crippen LogP contribution in [0.4, 0.5) is 6.01 Å². The molecule has 0 radical (unpaired) electrons. The van der Waals surface area contributed by atoms with Gasteiger partial charge < -0.3 is 20.0 Å². The lowest BCUT2D eigenvalue weighted by molar-refractivity contribution is -0.133. The van der Waals surface area contributed by atoms with Crippen LogP contribution in [0.2, 0.25) is 0 Å². The van der Waals surface area contributed by atoms with Gasteiger partial charge in [-0.2, -0.15) is 4.98 Å². The number of hydrogen-bond acceptors (Lipinski definition) is 5. The van der Waals surface area contributed by atoms with Gasteiger partial charge in [-0.1, -0.05) is 12.1 Å². The Hall–Kier alpha value is -1.50. The Morgan fingerprint density at radius 2 is 1.78 bits per heavy atom. The van der Waals surface area contributed by atoms with Gasteiger partial charge in [0.15, 0.2) is 5.58 Å². The number of fused-ring (bicyclic) bond motifs is 1. The molecule has 1 aromatic carbocycles. The minimum absolute atomic E-state index is 0. The molecule has 1 saturated heterocycles. The van der Waals surface area contributed by atoms with Crippen molar-refractivity contribution in [1.29, 1.82) is 0 Å². The molecule has 1 aromatic heterocycles. The number of oxazole rings is 1. The largest absolute Gasteiger partial charge is 0.423 e. The number of anilines is 1. The quantitative estimate of drug-likeness (QED) is 0.885. The van der Waals surface area contributed by atoms with Crippen LogP contribution in [0.15, 0.2) is 28.7 Å². The summed E-state index contributed by atoms with van der Waals surface area (Å²) in [5.74, 6) is 0.0970. The number of benzene rings is 1. The molecular weight excluding hydrogens is 339 g/mol. The van der Waals surface area contributed by atoms with Gasteiger partial charge in [0.1, 0.15) is 5.52 Å². The van der Waals surface area contributed by atoms with E-state index in [2.05, 4.69) is 9.88 Å². The molecule has 2 fully saturated rings. The van der Waals surface area contributed by atoms with Gasteiger partial charge in [-0.05, 0) is 25.0 Å². The van der Waals surface area contributed by atoms with Gasteiger partial charge in [-0.25, -0.2) is 0 Å². The highest BCUT2D eigenvalue weighted by atomic mass is 35.5. The third kappa shape index (κ3) is 3.24. The Morgan fingerprint density at radius 3 is 2.39 bits per heavy atom. The molecule has 1 aliphatic carbocycles. The summed E-state index contributed by atoms with van der Waals surface area (Å²) in [4.78, 5) is 20.7. The molecule has 1 aliphatic heterocycles. The van der Waals surface area contributed by atoms with Crippen LogP contribution in [0, 0.1) is 0 Å². The molecule has 2 N–H and O–H groups in total. The maximum absolute atomic E-state index is 12.2. The second-order valence-electron chi connectivity index (χ2n) is 5.90. The molecule has 2 aromatic rings. The zero-order valence-electron chi connectivity index (χ0n) is 12.6. The fourth-order valence-corrected chi connectivity index (χ4v) is 2.76. The van der Waals surface area contributed by atoms with Gasteiger partial charge in [0.05, 0.1) is 5.54 Å². The standard InChI is InChI=1S/C15H18N4O2.2ClH/c16-15(5-6-15)13(20)18-7-9-19(10-8-18)14-17-11-3-1-2-4-12(11)21-14;;/h1-4H,5-10,16H2;2*1H. The van der Waals surface area contributed by atoms with E-state index in [1.165, 1.54) is 0 Å². The zero-order valence-corrected chi connectivity index (χ0v) is 14.2. The lowest BCUT2D eigenvalue weighted by atomic mass is 10.2. The normalized spacial score (nSPS) is 19.0. The SMILES string of the molecule is Cl.Cl.NC1(C(=O)N2CCN(c3nc4ccccc4o3)CC2)CC1. The van der Waals surface area contributed by atoms with E-state index in [1.807, 2.05) is 29.2 Å². The van der Waals surface area contributed by atoms with Gasteiger partial charge >= 0.3 is 0 Å². The first-order valence-electron chi connectivity index (χ1n) is 7.34. The van der Waals surface area contributed by atoms with Crippen molar-refractivity contribution < 1.29 is 9.21 Å². The van der Waals surface area contributed by atoms with Gasteiger partial charge in [0.2, 0.25) is 5.91 Å². The van der Waals surface area contributed by atoms with Gasteiger partial charge in [-0.3, -0.25) is 4.79 Å². The molecule has 0 spiro atoms. The van der Waals surface area contributed by atoms with Crippen molar-refractivity contribution >= 4 is 47.8 Å². The first kappa shape index (κ1) is 17.8. The number of para-hydroxylation sites is 2. The summed E-state index contributed by atoms with van der Waals surface area (Å²) in [7, 11) is 0. The number of nitrogens with zero attached hydrogens (tertiary/aromatic N) is 3. The van der Waals surface area contributed by atoms with E-state index in [0.717, 1.165) is 37.0 Å². The topological polar surface area (TPSA) is 75.6 Å². The number of amides is 1. The van der Waals surface area contributed by atoms with E-state index in [1.54, 1.807) is 0 Å². The summed E-state index contributed by atoms with van der Waals surface area (Å²) < 4.78 is 5.77. The minimum atomic E-state index is -0.570. The third-order valence-electron chi connectivity index (χ3n) is 4.33. The Kier molecular flexibility index (Phi) is 5.08. The summed E-state index contributed by atoms with van der Waals surface area (Å²) >= 11 is 0. The van der Waals surface area contributed by atoms with Crippen LogP contribution >= 0.6 is 24.8 Å². The molecule has 6 nitrogen and oxygen atoms in total. The lowest BCUT2D eigenvalue weighted by Crippen LogP contribution is -2.54.